The summed E-state index contributed by atoms with van der Waals surface area (Å²) in [4.78, 5) is 0. The van der Waals surface area contributed by atoms with Crippen LogP contribution in [0.5, 0.6) is 0 Å². The summed E-state index contributed by atoms with van der Waals surface area (Å²) in [6.45, 7) is 4.69. The Morgan fingerprint density at radius 3 is 2.47 bits per heavy atom. The van der Waals surface area contributed by atoms with Crippen LogP contribution in [0.1, 0.15) is 31.9 Å². The monoisotopic (exact) mass is 351 g/mol. The molecule has 1 saturated carbocycles. The lowest BCUT2D eigenvalue weighted by atomic mass is 9.99. The van der Waals surface area contributed by atoms with Gasteiger partial charge in [0, 0.05) is 6.04 Å². The minimum absolute atomic E-state index is 0.483. The molecule has 0 saturated heterocycles. The average Bonchev–Trinajstić information content (AvgIpc) is 2.60. The number of hydrogen-bond donors (Lipinski definition) is 1. The van der Waals surface area contributed by atoms with E-state index in [1.54, 1.807) is 11.3 Å². The summed E-state index contributed by atoms with van der Waals surface area (Å²) in [6.07, 6.45) is 1.32. The summed E-state index contributed by atoms with van der Waals surface area (Å²) in [5.74, 6) is 0.764. The van der Waals surface area contributed by atoms with Crippen LogP contribution in [0, 0.1) is 11.3 Å². The van der Waals surface area contributed by atoms with Gasteiger partial charge in [0.25, 0.3) is 0 Å². The van der Waals surface area contributed by atoms with E-state index in [1.807, 2.05) is 0 Å². The highest BCUT2D eigenvalue weighted by Crippen LogP contribution is 2.58. The van der Waals surface area contributed by atoms with Gasteiger partial charge in [0.2, 0.25) is 0 Å². The fraction of sp³-hybridized carbons (Fsp3) is 0.636. The summed E-state index contributed by atoms with van der Waals surface area (Å²) in [5, 5.41) is 3.45. The van der Waals surface area contributed by atoms with Gasteiger partial charge in [0.1, 0.15) is 0 Å². The second kappa shape index (κ2) is 4.13. The Labute approximate surface area is 112 Å². The van der Waals surface area contributed by atoms with Crippen molar-refractivity contribution in [1.29, 1.82) is 0 Å². The van der Waals surface area contributed by atoms with Crippen molar-refractivity contribution in [3.63, 3.8) is 0 Å². The average molecular weight is 353 g/mol. The van der Waals surface area contributed by atoms with Gasteiger partial charge >= 0.3 is 0 Å². The van der Waals surface area contributed by atoms with Crippen LogP contribution in [0.4, 0.5) is 0 Å². The summed E-state index contributed by atoms with van der Waals surface area (Å²) in [5.41, 5.74) is 1.89. The third-order valence-corrected chi connectivity index (χ3v) is 5.71. The third kappa shape index (κ3) is 2.33. The molecule has 1 heterocycles. The minimum atomic E-state index is 0.483. The molecule has 0 radical (unpaired) electrons. The van der Waals surface area contributed by atoms with Crippen molar-refractivity contribution >= 4 is 43.2 Å². The molecule has 2 atom stereocenters. The molecule has 1 nitrogen and oxygen atoms in total. The number of hydrogen-bond acceptors (Lipinski definition) is 2. The zero-order valence-electron chi connectivity index (χ0n) is 9.10. The molecule has 1 aromatic heterocycles. The predicted octanol–water partition coefficient (Wildman–Crippen LogP) is 4.58. The highest BCUT2D eigenvalue weighted by Gasteiger charge is 2.50. The van der Waals surface area contributed by atoms with E-state index in [9.17, 15) is 0 Å². The second-order valence-electron chi connectivity index (χ2n) is 4.85. The molecule has 1 aliphatic rings. The van der Waals surface area contributed by atoms with Crippen molar-refractivity contribution in [1.82, 2.24) is 5.32 Å². The van der Waals surface area contributed by atoms with Crippen LogP contribution in [-0.4, -0.2) is 7.05 Å². The Hall–Kier alpha value is 0.620. The van der Waals surface area contributed by atoms with Crippen LogP contribution in [0.25, 0.3) is 0 Å². The molecular weight excluding hydrogens is 338 g/mol. The fourth-order valence-electron chi connectivity index (χ4n) is 2.22. The van der Waals surface area contributed by atoms with Crippen LogP contribution < -0.4 is 5.32 Å². The minimum Gasteiger partial charge on any atom is -0.313 e. The van der Waals surface area contributed by atoms with E-state index in [-0.39, 0.29) is 0 Å². The first kappa shape index (κ1) is 12.1. The predicted molar refractivity (Wildman–Crippen MR) is 73.4 cm³/mol. The summed E-state index contributed by atoms with van der Waals surface area (Å²) in [7, 11) is 2.05. The van der Waals surface area contributed by atoms with Gasteiger partial charge in [-0.05, 0) is 68.3 Å². The van der Waals surface area contributed by atoms with Gasteiger partial charge in [-0.25, -0.2) is 0 Å². The summed E-state index contributed by atoms with van der Waals surface area (Å²) >= 11 is 8.93. The molecule has 1 N–H and O–H groups in total. The third-order valence-electron chi connectivity index (χ3n) is 3.32. The van der Waals surface area contributed by atoms with E-state index >= 15 is 0 Å². The van der Waals surface area contributed by atoms with Gasteiger partial charge in [-0.1, -0.05) is 13.8 Å². The topological polar surface area (TPSA) is 12.0 Å². The molecule has 1 aliphatic carbocycles. The van der Waals surface area contributed by atoms with Crippen molar-refractivity contribution in [2.45, 2.75) is 26.3 Å². The molecule has 1 fully saturated rings. The molecule has 0 aromatic carbocycles. The summed E-state index contributed by atoms with van der Waals surface area (Å²) < 4.78 is 2.44. The summed E-state index contributed by atoms with van der Waals surface area (Å²) in [6, 6.07) is 2.71. The van der Waals surface area contributed by atoms with Gasteiger partial charge in [0.05, 0.1) is 7.57 Å². The van der Waals surface area contributed by atoms with Gasteiger partial charge in [0.15, 0.2) is 0 Å². The molecule has 0 bridgehead atoms. The van der Waals surface area contributed by atoms with E-state index in [2.05, 4.69) is 64.1 Å². The molecule has 4 heteroatoms. The molecule has 84 valence electrons. The van der Waals surface area contributed by atoms with Crippen molar-refractivity contribution in [2.75, 3.05) is 7.05 Å². The first-order valence-corrected chi connectivity index (χ1v) is 7.48. The number of halogens is 2. The Morgan fingerprint density at radius 2 is 2.13 bits per heavy atom. The lowest BCUT2D eigenvalue weighted by molar-refractivity contribution is 0.441. The Kier molecular flexibility index (Phi) is 3.33. The second-order valence-corrected chi connectivity index (χ2v) is 8.59. The van der Waals surface area contributed by atoms with Crippen molar-refractivity contribution in [2.24, 2.45) is 11.3 Å². The molecule has 0 amide bonds. The zero-order chi connectivity index (χ0) is 11.2. The first-order chi connectivity index (χ1) is 6.95. The molecular formula is C11H15Br2NS. The molecule has 0 spiro atoms. The van der Waals surface area contributed by atoms with Crippen LogP contribution in [-0.2, 0) is 0 Å². The van der Waals surface area contributed by atoms with E-state index < -0.39 is 0 Å². The molecule has 0 aliphatic heterocycles. The van der Waals surface area contributed by atoms with Gasteiger partial charge in [-0.15, -0.1) is 11.3 Å². The zero-order valence-corrected chi connectivity index (χ0v) is 13.1. The highest BCUT2D eigenvalue weighted by molar-refractivity contribution is 9.12. The molecule has 15 heavy (non-hydrogen) atoms. The van der Waals surface area contributed by atoms with E-state index in [1.165, 1.54) is 19.6 Å². The maximum atomic E-state index is 3.64. The highest BCUT2D eigenvalue weighted by atomic mass is 79.9. The first-order valence-electron chi connectivity index (χ1n) is 5.07. The normalized spacial score (nSPS) is 25.3. The Bertz CT molecular complexity index is 373. The van der Waals surface area contributed by atoms with Crippen molar-refractivity contribution < 1.29 is 0 Å². The van der Waals surface area contributed by atoms with E-state index in [0.717, 1.165) is 5.92 Å². The maximum Gasteiger partial charge on any atom is 0.0758 e. The molecule has 1 aromatic rings. The quantitative estimate of drug-likeness (QED) is 0.839. The largest absolute Gasteiger partial charge is 0.313 e. The number of rotatable bonds is 3. The van der Waals surface area contributed by atoms with Gasteiger partial charge < -0.3 is 5.32 Å². The van der Waals surface area contributed by atoms with E-state index in [4.69, 9.17) is 0 Å². The van der Waals surface area contributed by atoms with Crippen LogP contribution in [0.2, 0.25) is 0 Å². The van der Waals surface area contributed by atoms with Gasteiger partial charge in [-0.2, -0.15) is 0 Å². The SMILES string of the molecule is CNC(c1cc(Br)sc1Br)C1CC1(C)C. The van der Waals surface area contributed by atoms with E-state index in [0.29, 0.717) is 11.5 Å². The van der Waals surface area contributed by atoms with Crippen LogP contribution in [0.15, 0.2) is 13.6 Å². The van der Waals surface area contributed by atoms with Crippen molar-refractivity contribution in [3.05, 3.63) is 19.2 Å². The van der Waals surface area contributed by atoms with Crippen molar-refractivity contribution in [3.8, 4) is 0 Å². The van der Waals surface area contributed by atoms with Crippen LogP contribution >= 0.6 is 43.2 Å². The lowest BCUT2D eigenvalue weighted by Gasteiger charge is -2.17. The fourth-order valence-corrected chi connectivity index (χ4v) is 5.14. The number of nitrogens with one attached hydrogen (secondary N) is 1. The smallest absolute Gasteiger partial charge is 0.0758 e. The maximum absolute atomic E-state index is 3.64. The lowest BCUT2D eigenvalue weighted by Crippen LogP contribution is -2.20. The Morgan fingerprint density at radius 1 is 1.53 bits per heavy atom. The Balaban J connectivity index is 2.24. The van der Waals surface area contributed by atoms with Gasteiger partial charge in [-0.3, -0.25) is 0 Å². The standard InChI is InChI=1S/C11H15Br2NS/c1-11(2)5-7(11)9(14-3)6-4-8(12)15-10(6)13/h4,7,9,14H,5H2,1-3H3. The van der Waals surface area contributed by atoms with Crippen LogP contribution in [0.3, 0.4) is 0 Å². The molecule has 2 rings (SSSR count). The molecule has 2 unspecified atom stereocenters. The number of thiophene rings is 1.